The molecule has 0 radical (unpaired) electrons. The summed E-state index contributed by atoms with van der Waals surface area (Å²) >= 11 is 0. The number of hydrogen-bond donors (Lipinski definition) is 3. The highest BCUT2D eigenvalue weighted by molar-refractivity contribution is 5.83. The zero-order valence-corrected chi connectivity index (χ0v) is 10.7. The quantitative estimate of drug-likeness (QED) is 0.494. The van der Waals surface area contributed by atoms with Gasteiger partial charge in [-0.1, -0.05) is 12.8 Å². The Labute approximate surface area is 111 Å². The van der Waals surface area contributed by atoms with E-state index in [1.807, 2.05) is 0 Å². The zero-order chi connectivity index (χ0) is 14.7. The Balaban J connectivity index is 3.90. The molecule has 0 fully saturated rings. The summed E-state index contributed by atoms with van der Waals surface area (Å²) in [7, 11) is 0. The molecule has 6 nitrogen and oxygen atoms in total. The molecule has 0 aliphatic carbocycles. The van der Waals surface area contributed by atoms with E-state index in [1.165, 1.54) is 0 Å². The molecule has 7 heteroatoms. The molecule has 0 aliphatic heterocycles. The van der Waals surface area contributed by atoms with Crippen LogP contribution < -0.4 is 5.32 Å². The fraction of sp³-hybridized carbons (Fsp3) is 0.750. The van der Waals surface area contributed by atoms with Gasteiger partial charge in [0.1, 0.15) is 6.04 Å². The lowest BCUT2D eigenvalue weighted by atomic mass is 10.1. The zero-order valence-electron chi connectivity index (χ0n) is 10.7. The van der Waals surface area contributed by atoms with Crippen LogP contribution in [0.1, 0.15) is 44.9 Å². The molecule has 1 amide bonds. The number of rotatable bonds is 11. The largest absolute Gasteiger partial charge is 0.481 e. The molecule has 0 aromatic heterocycles. The van der Waals surface area contributed by atoms with E-state index >= 15 is 0 Å². The Morgan fingerprint density at radius 3 is 2.16 bits per heavy atom. The first kappa shape index (κ1) is 17.3. The number of hydrogen-bond acceptors (Lipinski definition) is 3. The number of carbonyl (C=O) groups excluding carboxylic acids is 1. The van der Waals surface area contributed by atoms with Crippen LogP contribution in [0, 0.1) is 0 Å². The Hall–Kier alpha value is -1.66. The molecule has 0 saturated carbocycles. The van der Waals surface area contributed by atoms with Gasteiger partial charge in [-0.05, 0) is 19.3 Å². The van der Waals surface area contributed by atoms with Gasteiger partial charge in [0.2, 0.25) is 5.91 Å². The number of alkyl halides is 1. The second kappa shape index (κ2) is 10.3. The topological polar surface area (TPSA) is 104 Å². The minimum absolute atomic E-state index is 0.141. The summed E-state index contributed by atoms with van der Waals surface area (Å²) in [5.74, 6) is -2.77. The number of halogens is 1. The molecule has 19 heavy (non-hydrogen) atoms. The highest BCUT2D eigenvalue weighted by Crippen LogP contribution is 2.04. The van der Waals surface area contributed by atoms with Crippen molar-refractivity contribution in [1.82, 2.24) is 5.32 Å². The van der Waals surface area contributed by atoms with Crippen molar-refractivity contribution in [3.05, 3.63) is 0 Å². The Bertz CT molecular complexity index is 308. The van der Waals surface area contributed by atoms with Crippen molar-refractivity contribution in [1.29, 1.82) is 0 Å². The average molecular weight is 277 g/mol. The monoisotopic (exact) mass is 277 g/mol. The van der Waals surface area contributed by atoms with Crippen LogP contribution in [-0.4, -0.2) is 40.8 Å². The van der Waals surface area contributed by atoms with Crippen molar-refractivity contribution < 1.29 is 29.0 Å². The van der Waals surface area contributed by atoms with Gasteiger partial charge in [0.15, 0.2) is 0 Å². The Morgan fingerprint density at radius 1 is 1.00 bits per heavy atom. The fourth-order valence-electron chi connectivity index (χ4n) is 1.53. The maximum atomic E-state index is 11.8. The van der Waals surface area contributed by atoms with Gasteiger partial charge in [0.25, 0.3) is 0 Å². The van der Waals surface area contributed by atoms with Crippen molar-refractivity contribution in [2.45, 2.75) is 51.0 Å². The Kier molecular flexibility index (Phi) is 9.38. The van der Waals surface area contributed by atoms with E-state index in [0.29, 0.717) is 25.7 Å². The van der Waals surface area contributed by atoms with E-state index in [1.54, 1.807) is 0 Å². The first-order valence-electron chi connectivity index (χ1n) is 6.27. The highest BCUT2D eigenvalue weighted by Gasteiger charge is 2.20. The lowest BCUT2D eigenvalue weighted by Gasteiger charge is -2.13. The van der Waals surface area contributed by atoms with Gasteiger partial charge in [-0.25, -0.2) is 4.79 Å². The number of amides is 1. The molecular weight excluding hydrogens is 257 g/mol. The van der Waals surface area contributed by atoms with Gasteiger partial charge in [-0.2, -0.15) is 0 Å². The molecule has 0 aliphatic rings. The minimum Gasteiger partial charge on any atom is -0.481 e. The molecule has 1 atom stereocenters. The summed E-state index contributed by atoms with van der Waals surface area (Å²) in [6, 6.07) is -1.17. The number of carbonyl (C=O) groups is 3. The molecular formula is C12H20FNO5. The molecule has 3 N–H and O–H groups in total. The fourth-order valence-corrected chi connectivity index (χ4v) is 1.53. The first-order chi connectivity index (χ1) is 8.97. The normalized spacial score (nSPS) is 11.8. The van der Waals surface area contributed by atoms with E-state index in [2.05, 4.69) is 5.32 Å². The van der Waals surface area contributed by atoms with Crippen LogP contribution in [0.3, 0.4) is 0 Å². The Morgan fingerprint density at radius 2 is 1.63 bits per heavy atom. The highest BCUT2D eigenvalue weighted by atomic mass is 19.1. The van der Waals surface area contributed by atoms with Crippen LogP contribution in [0.15, 0.2) is 0 Å². The molecule has 110 valence electrons. The molecule has 0 saturated heterocycles. The van der Waals surface area contributed by atoms with Crippen molar-refractivity contribution in [2.24, 2.45) is 0 Å². The van der Waals surface area contributed by atoms with Gasteiger partial charge in [-0.15, -0.1) is 0 Å². The van der Waals surface area contributed by atoms with Crippen LogP contribution in [0.2, 0.25) is 0 Å². The van der Waals surface area contributed by atoms with Gasteiger partial charge in [-0.3, -0.25) is 14.0 Å². The van der Waals surface area contributed by atoms with E-state index in [9.17, 15) is 18.8 Å². The van der Waals surface area contributed by atoms with E-state index < -0.39 is 23.9 Å². The minimum atomic E-state index is -1.24. The number of carboxylic acids is 2. The standard InChI is InChI=1S/C12H20FNO5/c13-8-4-2-1-3-5-10(15)14-9(12(18)19)6-7-11(16)17/h9H,1-8H2,(H,14,15)(H,16,17)(H,18,19)/t9-/m0/s1. The summed E-state index contributed by atoms with van der Waals surface area (Å²) in [4.78, 5) is 32.6. The van der Waals surface area contributed by atoms with Crippen LogP contribution >= 0.6 is 0 Å². The first-order valence-corrected chi connectivity index (χ1v) is 6.27. The molecule has 0 spiro atoms. The van der Waals surface area contributed by atoms with Crippen LogP contribution in [0.25, 0.3) is 0 Å². The predicted octanol–water partition coefficient (Wildman–Crippen LogP) is 1.34. The molecule has 0 bridgehead atoms. The van der Waals surface area contributed by atoms with Crippen molar-refractivity contribution >= 4 is 17.8 Å². The summed E-state index contributed by atoms with van der Waals surface area (Å²) in [6.45, 7) is -0.373. The molecule has 0 rings (SSSR count). The summed E-state index contributed by atoms with van der Waals surface area (Å²) in [6.07, 6.45) is 2.17. The van der Waals surface area contributed by atoms with E-state index in [0.717, 1.165) is 0 Å². The van der Waals surface area contributed by atoms with Gasteiger partial charge < -0.3 is 15.5 Å². The summed E-state index contributed by atoms with van der Waals surface area (Å²) < 4.78 is 11.8. The lowest BCUT2D eigenvalue weighted by molar-refractivity contribution is -0.143. The third-order valence-electron chi connectivity index (χ3n) is 2.57. The molecule has 0 aromatic rings. The average Bonchev–Trinajstić information content (AvgIpc) is 2.33. The molecule has 0 unspecified atom stereocenters. The summed E-state index contributed by atoms with van der Waals surface area (Å²) in [5, 5.41) is 19.6. The summed E-state index contributed by atoms with van der Waals surface area (Å²) in [5.41, 5.74) is 0. The molecule has 0 aromatic carbocycles. The lowest BCUT2D eigenvalue weighted by Crippen LogP contribution is -2.41. The van der Waals surface area contributed by atoms with Gasteiger partial charge in [0, 0.05) is 12.8 Å². The SMILES string of the molecule is O=C(O)CC[C@H](NC(=O)CCCCCCF)C(=O)O. The number of nitrogens with one attached hydrogen (secondary N) is 1. The maximum Gasteiger partial charge on any atom is 0.326 e. The maximum absolute atomic E-state index is 11.8. The third-order valence-corrected chi connectivity index (χ3v) is 2.57. The predicted molar refractivity (Wildman–Crippen MR) is 65.5 cm³/mol. The van der Waals surface area contributed by atoms with Crippen molar-refractivity contribution in [3.63, 3.8) is 0 Å². The van der Waals surface area contributed by atoms with Gasteiger partial charge in [0.05, 0.1) is 6.67 Å². The number of carboxylic acid groups (broad SMARTS) is 2. The van der Waals surface area contributed by atoms with E-state index in [4.69, 9.17) is 10.2 Å². The number of unbranched alkanes of at least 4 members (excludes halogenated alkanes) is 3. The van der Waals surface area contributed by atoms with Crippen LogP contribution in [0.4, 0.5) is 4.39 Å². The second-order valence-electron chi connectivity index (χ2n) is 4.24. The van der Waals surface area contributed by atoms with Crippen molar-refractivity contribution in [2.75, 3.05) is 6.67 Å². The third kappa shape index (κ3) is 9.99. The van der Waals surface area contributed by atoms with Crippen LogP contribution in [-0.2, 0) is 14.4 Å². The van der Waals surface area contributed by atoms with Gasteiger partial charge >= 0.3 is 11.9 Å². The van der Waals surface area contributed by atoms with Crippen molar-refractivity contribution in [3.8, 4) is 0 Å². The van der Waals surface area contributed by atoms with Crippen LogP contribution in [0.5, 0.6) is 0 Å². The van der Waals surface area contributed by atoms with E-state index in [-0.39, 0.29) is 25.9 Å². The smallest absolute Gasteiger partial charge is 0.326 e. The molecule has 0 heterocycles. The number of aliphatic carboxylic acids is 2. The second-order valence-corrected chi connectivity index (χ2v) is 4.24.